The summed E-state index contributed by atoms with van der Waals surface area (Å²) in [4.78, 5) is 9.74. The smallest absolute Gasteiger partial charge is 0.162 e. The van der Waals surface area contributed by atoms with Crippen molar-refractivity contribution in [3.05, 3.63) is 83.9 Å². The van der Waals surface area contributed by atoms with Gasteiger partial charge in [0.2, 0.25) is 0 Å². The Balaban J connectivity index is 1.81. The third kappa shape index (κ3) is 4.00. The average Bonchev–Trinajstić information content (AvgIpc) is 2.73. The molecule has 0 spiro atoms. The highest BCUT2D eigenvalue weighted by Crippen LogP contribution is 2.30. The first kappa shape index (κ1) is 19.1. The number of fused-ring (bicyclic) bond motifs is 1. The molecule has 0 atom stereocenters. The lowest BCUT2D eigenvalue weighted by Crippen LogP contribution is -2.10. The topological polar surface area (TPSA) is 37.8 Å². The quantitative estimate of drug-likeness (QED) is 0.418. The molecule has 3 nitrogen and oxygen atoms in total. The molecule has 3 heteroatoms. The van der Waals surface area contributed by atoms with Crippen LogP contribution in [0.4, 0.5) is 11.5 Å². The summed E-state index contributed by atoms with van der Waals surface area (Å²) in [7, 11) is 0. The van der Waals surface area contributed by atoms with Crippen LogP contribution in [-0.2, 0) is 11.8 Å². The number of nitrogens with one attached hydrogen (secondary N) is 1. The minimum absolute atomic E-state index is 0.124. The summed E-state index contributed by atoms with van der Waals surface area (Å²) in [6, 6.07) is 25.1. The van der Waals surface area contributed by atoms with Gasteiger partial charge in [-0.05, 0) is 41.2 Å². The van der Waals surface area contributed by atoms with Crippen LogP contribution in [-0.4, -0.2) is 9.97 Å². The molecule has 146 valence electrons. The maximum absolute atomic E-state index is 4.91. The predicted octanol–water partition coefficient (Wildman–Crippen LogP) is 6.90. The van der Waals surface area contributed by atoms with Gasteiger partial charge in [0.25, 0.3) is 0 Å². The van der Waals surface area contributed by atoms with Gasteiger partial charge in [0.15, 0.2) is 5.82 Å². The molecule has 0 bridgehead atoms. The molecular weight excluding hydrogens is 354 g/mol. The highest BCUT2D eigenvalue weighted by molar-refractivity contribution is 5.92. The molecular formula is C26H27N3. The zero-order chi connectivity index (χ0) is 20.4. The number of aromatic nitrogens is 2. The van der Waals surface area contributed by atoms with Crippen LogP contribution in [0.2, 0.25) is 0 Å². The Morgan fingerprint density at radius 2 is 1.48 bits per heavy atom. The summed E-state index contributed by atoms with van der Waals surface area (Å²) in [5.74, 6) is 1.58. The molecule has 3 aromatic carbocycles. The van der Waals surface area contributed by atoms with Gasteiger partial charge in [0, 0.05) is 16.6 Å². The standard InChI is InChI=1S/C26H27N3/c1-5-18-10-6-8-12-22(18)27-25-21-11-7-9-13-23(21)28-24(29-25)19-14-16-20(17-15-19)26(2,3)4/h6-17H,5H2,1-4H3,(H,27,28,29). The van der Waals surface area contributed by atoms with E-state index in [9.17, 15) is 0 Å². The van der Waals surface area contributed by atoms with Crippen LogP contribution in [0.15, 0.2) is 72.8 Å². The van der Waals surface area contributed by atoms with Crippen molar-refractivity contribution >= 4 is 22.4 Å². The largest absolute Gasteiger partial charge is 0.339 e. The molecule has 0 radical (unpaired) electrons. The Morgan fingerprint density at radius 1 is 0.793 bits per heavy atom. The van der Waals surface area contributed by atoms with E-state index < -0.39 is 0 Å². The van der Waals surface area contributed by atoms with Crippen LogP contribution >= 0.6 is 0 Å². The van der Waals surface area contributed by atoms with E-state index >= 15 is 0 Å². The lowest BCUT2D eigenvalue weighted by Gasteiger charge is -2.19. The Bertz CT molecular complexity index is 1140. The molecule has 0 saturated heterocycles. The monoisotopic (exact) mass is 381 g/mol. The van der Waals surface area contributed by atoms with E-state index in [0.29, 0.717) is 0 Å². The highest BCUT2D eigenvalue weighted by atomic mass is 15.0. The number of benzene rings is 3. The fourth-order valence-electron chi connectivity index (χ4n) is 3.50. The second-order valence-corrected chi connectivity index (χ2v) is 8.38. The summed E-state index contributed by atoms with van der Waals surface area (Å²) in [5, 5.41) is 4.58. The first-order chi connectivity index (χ1) is 14.0. The lowest BCUT2D eigenvalue weighted by atomic mass is 9.87. The zero-order valence-electron chi connectivity index (χ0n) is 17.5. The number of hydrogen-bond donors (Lipinski definition) is 1. The highest BCUT2D eigenvalue weighted by Gasteiger charge is 2.15. The van der Waals surface area contributed by atoms with Crippen LogP contribution in [0.3, 0.4) is 0 Å². The van der Waals surface area contributed by atoms with E-state index in [2.05, 4.69) is 87.6 Å². The van der Waals surface area contributed by atoms with E-state index in [1.807, 2.05) is 18.2 Å². The second-order valence-electron chi connectivity index (χ2n) is 8.38. The van der Waals surface area contributed by atoms with Crippen molar-refractivity contribution in [2.24, 2.45) is 0 Å². The first-order valence-corrected chi connectivity index (χ1v) is 10.2. The molecule has 4 rings (SSSR count). The third-order valence-corrected chi connectivity index (χ3v) is 5.26. The van der Waals surface area contributed by atoms with Crippen molar-refractivity contribution in [2.75, 3.05) is 5.32 Å². The van der Waals surface area contributed by atoms with Crippen molar-refractivity contribution in [1.82, 2.24) is 9.97 Å². The van der Waals surface area contributed by atoms with Gasteiger partial charge < -0.3 is 5.32 Å². The minimum Gasteiger partial charge on any atom is -0.339 e. The fourth-order valence-corrected chi connectivity index (χ4v) is 3.50. The number of anilines is 2. The van der Waals surface area contributed by atoms with Crippen LogP contribution in [0.1, 0.15) is 38.8 Å². The van der Waals surface area contributed by atoms with Gasteiger partial charge >= 0.3 is 0 Å². The normalized spacial score (nSPS) is 11.6. The summed E-state index contributed by atoms with van der Waals surface area (Å²) in [5.41, 5.74) is 5.75. The molecule has 1 aromatic heterocycles. The molecule has 0 aliphatic carbocycles. The van der Waals surface area contributed by atoms with Gasteiger partial charge in [-0.2, -0.15) is 0 Å². The zero-order valence-corrected chi connectivity index (χ0v) is 17.5. The van der Waals surface area contributed by atoms with E-state index in [-0.39, 0.29) is 5.41 Å². The Morgan fingerprint density at radius 3 is 2.21 bits per heavy atom. The first-order valence-electron chi connectivity index (χ1n) is 10.2. The lowest BCUT2D eigenvalue weighted by molar-refractivity contribution is 0.590. The number of para-hydroxylation sites is 2. The van der Waals surface area contributed by atoms with Gasteiger partial charge in [-0.15, -0.1) is 0 Å². The molecule has 1 heterocycles. The number of nitrogens with zero attached hydrogens (tertiary/aromatic N) is 2. The molecule has 0 unspecified atom stereocenters. The average molecular weight is 382 g/mol. The maximum Gasteiger partial charge on any atom is 0.162 e. The van der Waals surface area contributed by atoms with Gasteiger partial charge in [-0.3, -0.25) is 0 Å². The third-order valence-electron chi connectivity index (χ3n) is 5.26. The molecule has 0 aliphatic rings. The Kier molecular flexibility index (Phi) is 5.06. The van der Waals surface area contributed by atoms with Gasteiger partial charge in [-0.25, -0.2) is 9.97 Å². The fraction of sp³-hybridized carbons (Fsp3) is 0.231. The Labute approximate surface area is 172 Å². The Hall–Kier alpha value is -3.20. The van der Waals surface area contributed by atoms with E-state index in [0.717, 1.165) is 40.2 Å². The predicted molar refractivity (Wildman–Crippen MR) is 123 cm³/mol. The summed E-state index contributed by atoms with van der Waals surface area (Å²) >= 11 is 0. The van der Waals surface area contributed by atoms with Gasteiger partial charge in [-0.1, -0.05) is 82.3 Å². The van der Waals surface area contributed by atoms with Crippen molar-refractivity contribution in [1.29, 1.82) is 0 Å². The van der Waals surface area contributed by atoms with Crippen molar-refractivity contribution in [2.45, 2.75) is 39.5 Å². The van der Waals surface area contributed by atoms with Crippen LogP contribution < -0.4 is 5.32 Å². The number of hydrogen-bond acceptors (Lipinski definition) is 3. The molecule has 0 amide bonds. The summed E-state index contributed by atoms with van der Waals surface area (Å²) < 4.78 is 0. The van der Waals surface area contributed by atoms with Crippen LogP contribution in [0.25, 0.3) is 22.3 Å². The summed E-state index contributed by atoms with van der Waals surface area (Å²) in [6.45, 7) is 8.84. The number of aryl methyl sites for hydroxylation is 1. The minimum atomic E-state index is 0.124. The SMILES string of the molecule is CCc1ccccc1Nc1nc(-c2ccc(C(C)(C)C)cc2)nc2ccccc12. The van der Waals surface area contributed by atoms with Gasteiger partial charge in [0.05, 0.1) is 5.52 Å². The van der Waals surface area contributed by atoms with E-state index in [1.54, 1.807) is 0 Å². The maximum atomic E-state index is 4.91. The molecule has 0 fully saturated rings. The molecule has 1 N–H and O–H groups in total. The molecule has 0 aliphatic heterocycles. The summed E-state index contributed by atoms with van der Waals surface area (Å²) in [6.07, 6.45) is 0.966. The van der Waals surface area contributed by atoms with E-state index in [4.69, 9.17) is 9.97 Å². The van der Waals surface area contributed by atoms with Crippen molar-refractivity contribution < 1.29 is 0 Å². The molecule has 4 aromatic rings. The van der Waals surface area contributed by atoms with Gasteiger partial charge in [0.1, 0.15) is 5.82 Å². The van der Waals surface area contributed by atoms with E-state index in [1.165, 1.54) is 11.1 Å². The molecule has 29 heavy (non-hydrogen) atoms. The van der Waals surface area contributed by atoms with Crippen molar-refractivity contribution in [3.63, 3.8) is 0 Å². The second kappa shape index (κ2) is 7.67. The van der Waals surface area contributed by atoms with Crippen LogP contribution in [0, 0.1) is 0 Å². The van der Waals surface area contributed by atoms with Crippen molar-refractivity contribution in [3.8, 4) is 11.4 Å². The molecule has 0 saturated carbocycles. The number of rotatable bonds is 4. The van der Waals surface area contributed by atoms with Crippen LogP contribution in [0.5, 0.6) is 0 Å².